The first-order valence-electron chi connectivity index (χ1n) is 8.85. The lowest BCUT2D eigenvalue weighted by atomic mass is 9.98. The summed E-state index contributed by atoms with van der Waals surface area (Å²) in [6, 6.07) is 13.5. The molecule has 2 rings (SSSR count). The maximum atomic E-state index is 12.8. The van der Waals surface area contributed by atoms with Gasteiger partial charge in [0.05, 0.1) is 5.56 Å². The van der Waals surface area contributed by atoms with Gasteiger partial charge in [0.15, 0.2) is 12.4 Å². The fraction of sp³-hybridized carbons (Fsp3) is 0.174. The van der Waals surface area contributed by atoms with Crippen LogP contribution in [0, 0.1) is 6.92 Å². The first kappa shape index (κ1) is 20.8. The van der Waals surface area contributed by atoms with E-state index in [0.717, 1.165) is 5.56 Å². The predicted octanol–water partition coefficient (Wildman–Crippen LogP) is 3.58. The van der Waals surface area contributed by atoms with Gasteiger partial charge in [0, 0.05) is 24.2 Å². The van der Waals surface area contributed by atoms with Crippen LogP contribution in [0.2, 0.25) is 0 Å². The molecule has 0 aromatic heterocycles. The van der Waals surface area contributed by atoms with Crippen molar-refractivity contribution >= 4 is 17.7 Å². The lowest BCUT2D eigenvalue weighted by Gasteiger charge is -2.19. The third kappa shape index (κ3) is 5.27. The Kier molecular flexibility index (Phi) is 7.45. The van der Waals surface area contributed by atoms with E-state index >= 15 is 0 Å². The molecule has 2 aromatic carbocycles. The number of nitrogens with zero attached hydrogens (tertiary/aromatic N) is 1. The molecule has 0 fully saturated rings. The van der Waals surface area contributed by atoms with Gasteiger partial charge in [-0.15, -0.1) is 13.2 Å². The summed E-state index contributed by atoms with van der Waals surface area (Å²) >= 11 is 0. The molecule has 0 unspecified atom stereocenters. The standard InChI is InChI=1S/C23H23NO4/c1-4-14-24(15-5-2)21(25)16-28-23(27)20-9-7-6-8-19(20)22(26)18-12-10-17(3)11-13-18/h4-13H,1-2,14-16H2,3H3. The number of hydrogen-bond donors (Lipinski definition) is 0. The molecular formula is C23H23NO4. The Morgan fingerprint density at radius 3 is 2.07 bits per heavy atom. The molecule has 0 saturated heterocycles. The van der Waals surface area contributed by atoms with Crippen molar-refractivity contribution in [1.29, 1.82) is 0 Å². The van der Waals surface area contributed by atoms with Gasteiger partial charge in [-0.2, -0.15) is 0 Å². The number of amides is 1. The minimum absolute atomic E-state index is 0.125. The smallest absolute Gasteiger partial charge is 0.339 e. The molecule has 0 N–H and O–H groups in total. The SMILES string of the molecule is C=CCN(CC=C)C(=O)COC(=O)c1ccccc1C(=O)c1ccc(C)cc1. The Hall–Kier alpha value is -3.47. The van der Waals surface area contributed by atoms with Crippen molar-refractivity contribution in [2.75, 3.05) is 19.7 Å². The normalized spacial score (nSPS) is 10.0. The minimum Gasteiger partial charge on any atom is -0.452 e. The molecule has 0 spiro atoms. The van der Waals surface area contributed by atoms with Crippen molar-refractivity contribution in [3.05, 3.63) is 96.1 Å². The second-order valence-corrected chi connectivity index (χ2v) is 6.19. The fourth-order valence-corrected chi connectivity index (χ4v) is 2.61. The van der Waals surface area contributed by atoms with Crippen LogP contribution in [0.15, 0.2) is 73.8 Å². The summed E-state index contributed by atoms with van der Waals surface area (Å²) in [5.41, 5.74) is 1.87. The summed E-state index contributed by atoms with van der Waals surface area (Å²) in [6.07, 6.45) is 3.16. The average Bonchev–Trinajstić information content (AvgIpc) is 2.71. The Balaban J connectivity index is 2.15. The highest BCUT2D eigenvalue weighted by Crippen LogP contribution is 2.16. The average molecular weight is 377 g/mol. The van der Waals surface area contributed by atoms with Crippen LogP contribution in [-0.4, -0.2) is 42.3 Å². The van der Waals surface area contributed by atoms with Gasteiger partial charge >= 0.3 is 5.97 Å². The zero-order chi connectivity index (χ0) is 20.5. The number of benzene rings is 2. The molecule has 0 aliphatic carbocycles. The van der Waals surface area contributed by atoms with Gasteiger partial charge in [-0.25, -0.2) is 4.79 Å². The summed E-state index contributed by atoms with van der Waals surface area (Å²) in [5.74, 6) is -1.36. The summed E-state index contributed by atoms with van der Waals surface area (Å²) in [6.45, 7) is 9.35. The van der Waals surface area contributed by atoms with Gasteiger partial charge in [0.1, 0.15) is 0 Å². The van der Waals surface area contributed by atoms with Crippen LogP contribution in [0.1, 0.15) is 31.8 Å². The second kappa shape index (κ2) is 10.0. The zero-order valence-corrected chi connectivity index (χ0v) is 15.9. The van der Waals surface area contributed by atoms with Gasteiger partial charge in [0.25, 0.3) is 5.91 Å². The lowest BCUT2D eigenvalue weighted by Crippen LogP contribution is -2.35. The van der Waals surface area contributed by atoms with E-state index in [9.17, 15) is 14.4 Å². The van der Waals surface area contributed by atoms with Crippen molar-refractivity contribution < 1.29 is 19.1 Å². The topological polar surface area (TPSA) is 63.7 Å². The molecule has 0 radical (unpaired) electrons. The van der Waals surface area contributed by atoms with Gasteiger partial charge in [-0.05, 0) is 13.0 Å². The van der Waals surface area contributed by atoms with Gasteiger partial charge in [-0.3, -0.25) is 9.59 Å². The van der Waals surface area contributed by atoms with Gasteiger partial charge < -0.3 is 9.64 Å². The molecule has 5 heteroatoms. The number of carbonyl (C=O) groups is 3. The van der Waals surface area contributed by atoms with Gasteiger partial charge in [0.2, 0.25) is 0 Å². The minimum atomic E-state index is -0.721. The molecule has 5 nitrogen and oxygen atoms in total. The number of ketones is 1. The summed E-state index contributed by atoms with van der Waals surface area (Å²) < 4.78 is 5.16. The zero-order valence-electron chi connectivity index (χ0n) is 15.9. The second-order valence-electron chi connectivity index (χ2n) is 6.19. The highest BCUT2D eigenvalue weighted by atomic mass is 16.5. The molecule has 0 atom stereocenters. The third-order valence-electron chi connectivity index (χ3n) is 4.08. The molecule has 0 heterocycles. The highest BCUT2D eigenvalue weighted by molar-refractivity contribution is 6.14. The first-order chi connectivity index (χ1) is 13.5. The van der Waals surface area contributed by atoms with E-state index in [2.05, 4.69) is 13.2 Å². The van der Waals surface area contributed by atoms with Crippen LogP contribution in [0.5, 0.6) is 0 Å². The predicted molar refractivity (Wildman–Crippen MR) is 108 cm³/mol. The van der Waals surface area contributed by atoms with E-state index in [0.29, 0.717) is 18.7 Å². The van der Waals surface area contributed by atoms with Crippen molar-refractivity contribution in [1.82, 2.24) is 4.90 Å². The maximum Gasteiger partial charge on any atom is 0.339 e. The number of rotatable bonds is 9. The molecule has 0 aliphatic rings. The van der Waals surface area contributed by atoms with Crippen molar-refractivity contribution in [2.24, 2.45) is 0 Å². The van der Waals surface area contributed by atoms with E-state index in [1.54, 1.807) is 42.5 Å². The molecule has 0 saturated carbocycles. The largest absolute Gasteiger partial charge is 0.452 e. The van der Waals surface area contributed by atoms with E-state index in [-0.39, 0.29) is 22.8 Å². The van der Waals surface area contributed by atoms with E-state index < -0.39 is 12.6 Å². The Morgan fingerprint density at radius 2 is 1.50 bits per heavy atom. The van der Waals surface area contributed by atoms with Crippen LogP contribution in [-0.2, 0) is 9.53 Å². The number of hydrogen-bond acceptors (Lipinski definition) is 4. The van der Waals surface area contributed by atoms with Crippen LogP contribution >= 0.6 is 0 Å². The quantitative estimate of drug-likeness (QED) is 0.381. The Labute approximate surface area is 164 Å². The monoisotopic (exact) mass is 377 g/mol. The first-order valence-corrected chi connectivity index (χ1v) is 8.85. The molecule has 0 aliphatic heterocycles. The Bertz CT molecular complexity index is 874. The van der Waals surface area contributed by atoms with Crippen molar-refractivity contribution in [2.45, 2.75) is 6.92 Å². The molecule has 144 valence electrons. The van der Waals surface area contributed by atoms with Crippen LogP contribution in [0.3, 0.4) is 0 Å². The Morgan fingerprint density at radius 1 is 0.929 bits per heavy atom. The number of esters is 1. The lowest BCUT2D eigenvalue weighted by molar-refractivity contribution is -0.133. The third-order valence-corrected chi connectivity index (χ3v) is 4.08. The molecule has 1 amide bonds. The van der Waals surface area contributed by atoms with Crippen molar-refractivity contribution in [3.63, 3.8) is 0 Å². The summed E-state index contributed by atoms with van der Waals surface area (Å²) in [4.78, 5) is 39.0. The molecule has 0 bridgehead atoms. The highest BCUT2D eigenvalue weighted by Gasteiger charge is 2.20. The maximum absolute atomic E-state index is 12.8. The number of carbonyl (C=O) groups excluding carboxylic acids is 3. The summed E-state index contributed by atoms with van der Waals surface area (Å²) in [7, 11) is 0. The van der Waals surface area contributed by atoms with Crippen LogP contribution in [0.25, 0.3) is 0 Å². The van der Waals surface area contributed by atoms with Crippen LogP contribution < -0.4 is 0 Å². The number of ether oxygens (including phenoxy) is 1. The van der Waals surface area contributed by atoms with Gasteiger partial charge in [-0.1, -0.05) is 60.2 Å². The number of aryl methyl sites for hydroxylation is 1. The van der Waals surface area contributed by atoms with Crippen molar-refractivity contribution in [3.8, 4) is 0 Å². The van der Waals surface area contributed by atoms with E-state index in [1.807, 2.05) is 19.1 Å². The molecule has 28 heavy (non-hydrogen) atoms. The summed E-state index contributed by atoms with van der Waals surface area (Å²) in [5, 5.41) is 0. The van der Waals surface area contributed by atoms with Crippen LogP contribution in [0.4, 0.5) is 0 Å². The fourth-order valence-electron chi connectivity index (χ4n) is 2.61. The molecule has 2 aromatic rings. The van der Waals surface area contributed by atoms with E-state index in [4.69, 9.17) is 4.74 Å². The van der Waals surface area contributed by atoms with E-state index in [1.165, 1.54) is 11.0 Å². The molecular weight excluding hydrogens is 354 g/mol.